The predicted molar refractivity (Wildman–Crippen MR) is 66.0 cm³/mol. The van der Waals surface area contributed by atoms with E-state index in [0.29, 0.717) is 13.1 Å². The summed E-state index contributed by atoms with van der Waals surface area (Å²) in [7, 11) is 0. The maximum atomic E-state index is 11.3. The molecule has 2 rings (SSSR count). The first-order valence-electron chi connectivity index (χ1n) is 5.83. The molecule has 17 heavy (non-hydrogen) atoms. The molecule has 1 aromatic rings. The zero-order valence-electron chi connectivity index (χ0n) is 10.5. The molecule has 1 N–H and O–H groups in total. The van der Waals surface area contributed by atoms with Gasteiger partial charge in [-0.2, -0.15) is 5.10 Å². The molecule has 0 aromatic carbocycles. The number of hydrogen-bond donors (Lipinski definition) is 1. The molecule has 1 saturated heterocycles. The third-order valence-corrected chi connectivity index (χ3v) is 2.78. The van der Waals surface area contributed by atoms with Gasteiger partial charge in [-0.05, 0) is 12.1 Å². The van der Waals surface area contributed by atoms with Gasteiger partial charge in [0.2, 0.25) is 5.91 Å². The number of carbonyl (C=O) groups is 1. The average Bonchev–Trinajstić information content (AvgIpc) is 2.28. The summed E-state index contributed by atoms with van der Waals surface area (Å²) in [6.07, 6.45) is 0. The van der Waals surface area contributed by atoms with Crippen molar-refractivity contribution < 1.29 is 4.79 Å². The van der Waals surface area contributed by atoms with E-state index in [1.165, 1.54) is 0 Å². The lowest BCUT2D eigenvalue weighted by atomic mass is 9.92. The lowest BCUT2D eigenvalue weighted by Gasteiger charge is -2.27. The first kappa shape index (κ1) is 11.8. The quantitative estimate of drug-likeness (QED) is 0.777. The van der Waals surface area contributed by atoms with E-state index in [9.17, 15) is 4.79 Å². The number of hydrogen-bond acceptors (Lipinski definition) is 4. The van der Waals surface area contributed by atoms with Crippen molar-refractivity contribution in [3.63, 3.8) is 0 Å². The van der Waals surface area contributed by atoms with Gasteiger partial charge in [0, 0.05) is 18.5 Å². The molecular formula is C12H18N4O. The third kappa shape index (κ3) is 2.72. The molecule has 1 aliphatic heterocycles. The van der Waals surface area contributed by atoms with Crippen LogP contribution >= 0.6 is 0 Å². The van der Waals surface area contributed by atoms with E-state index in [1.807, 2.05) is 17.0 Å². The summed E-state index contributed by atoms with van der Waals surface area (Å²) >= 11 is 0. The number of nitrogens with zero attached hydrogens (tertiary/aromatic N) is 3. The fourth-order valence-corrected chi connectivity index (χ4v) is 1.73. The van der Waals surface area contributed by atoms with Crippen LogP contribution in [0.25, 0.3) is 0 Å². The second kappa shape index (κ2) is 4.31. The van der Waals surface area contributed by atoms with Crippen molar-refractivity contribution >= 4 is 11.7 Å². The molecule has 1 aromatic heterocycles. The van der Waals surface area contributed by atoms with E-state index in [-0.39, 0.29) is 11.3 Å². The van der Waals surface area contributed by atoms with Crippen LogP contribution in [0.15, 0.2) is 12.1 Å². The van der Waals surface area contributed by atoms with Gasteiger partial charge in [-0.25, -0.2) is 0 Å². The average molecular weight is 234 g/mol. The molecule has 0 saturated carbocycles. The van der Waals surface area contributed by atoms with Crippen LogP contribution in [0.2, 0.25) is 0 Å². The van der Waals surface area contributed by atoms with E-state index in [2.05, 4.69) is 36.3 Å². The molecule has 0 unspecified atom stereocenters. The van der Waals surface area contributed by atoms with Crippen molar-refractivity contribution in [2.45, 2.75) is 26.2 Å². The van der Waals surface area contributed by atoms with Gasteiger partial charge < -0.3 is 10.2 Å². The molecule has 1 amide bonds. The van der Waals surface area contributed by atoms with Crippen LogP contribution < -0.4 is 10.2 Å². The number of piperazine rings is 1. The van der Waals surface area contributed by atoms with Crippen LogP contribution in [0.1, 0.15) is 26.5 Å². The maximum absolute atomic E-state index is 11.3. The number of nitrogens with one attached hydrogen (secondary N) is 1. The van der Waals surface area contributed by atoms with Crippen LogP contribution in [-0.2, 0) is 10.2 Å². The van der Waals surface area contributed by atoms with Crippen molar-refractivity contribution in [3.05, 3.63) is 17.8 Å². The van der Waals surface area contributed by atoms with E-state index in [1.54, 1.807) is 0 Å². The van der Waals surface area contributed by atoms with Crippen molar-refractivity contribution in [2.24, 2.45) is 0 Å². The highest BCUT2D eigenvalue weighted by Gasteiger charge is 2.20. The Morgan fingerprint density at radius 1 is 1.29 bits per heavy atom. The Kier molecular flexibility index (Phi) is 3.00. The fourth-order valence-electron chi connectivity index (χ4n) is 1.73. The summed E-state index contributed by atoms with van der Waals surface area (Å²) < 4.78 is 0. The first-order chi connectivity index (χ1) is 7.97. The lowest BCUT2D eigenvalue weighted by molar-refractivity contribution is -0.120. The molecule has 0 atom stereocenters. The summed E-state index contributed by atoms with van der Waals surface area (Å²) in [6.45, 7) is 8.13. The minimum absolute atomic E-state index is 0.00477. The zero-order chi connectivity index (χ0) is 12.5. The molecule has 1 aliphatic rings. The number of carbonyl (C=O) groups excluding carboxylic acids is 1. The van der Waals surface area contributed by atoms with E-state index in [4.69, 9.17) is 0 Å². The summed E-state index contributed by atoms with van der Waals surface area (Å²) in [6, 6.07) is 3.92. The van der Waals surface area contributed by atoms with Gasteiger partial charge >= 0.3 is 0 Å². The molecule has 0 spiro atoms. The minimum atomic E-state index is 0.00477. The Morgan fingerprint density at radius 3 is 2.59 bits per heavy atom. The Morgan fingerprint density at radius 2 is 2.06 bits per heavy atom. The zero-order valence-corrected chi connectivity index (χ0v) is 10.5. The van der Waals surface area contributed by atoms with Crippen LogP contribution in [0, 0.1) is 0 Å². The highest BCUT2D eigenvalue weighted by Crippen LogP contribution is 2.20. The molecular weight excluding hydrogens is 216 g/mol. The Hall–Kier alpha value is -1.65. The van der Waals surface area contributed by atoms with Gasteiger partial charge in [-0.1, -0.05) is 20.8 Å². The smallest absolute Gasteiger partial charge is 0.239 e. The summed E-state index contributed by atoms with van der Waals surface area (Å²) in [4.78, 5) is 13.2. The first-order valence-corrected chi connectivity index (χ1v) is 5.83. The maximum Gasteiger partial charge on any atom is 0.239 e. The SMILES string of the molecule is CC(C)(C)c1ccc(N2CCNC(=O)C2)nn1. The summed E-state index contributed by atoms with van der Waals surface area (Å²) in [5, 5.41) is 11.2. The molecule has 2 heterocycles. The lowest BCUT2D eigenvalue weighted by Crippen LogP contribution is -2.48. The van der Waals surface area contributed by atoms with E-state index in [0.717, 1.165) is 18.1 Å². The topological polar surface area (TPSA) is 58.1 Å². The molecule has 5 heteroatoms. The van der Waals surface area contributed by atoms with Crippen molar-refractivity contribution in [2.75, 3.05) is 24.5 Å². The fraction of sp³-hybridized carbons (Fsp3) is 0.583. The molecule has 0 aliphatic carbocycles. The number of amides is 1. The predicted octanol–water partition coefficient (Wildman–Crippen LogP) is 0.710. The highest BCUT2D eigenvalue weighted by atomic mass is 16.2. The van der Waals surface area contributed by atoms with Crippen LogP contribution in [0.5, 0.6) is 0 Å². The normalized spacial score (nSPS) is 16.9. The van der Waals surface area contributed by atoms with Crippen LogP contribution in [0.4, 0.5) is 5.82 Å². The number of rotatable bonds is 1. The van der Waals surface area contributed by atoms with Crippen LogP contribution in [-0.4, -0.2) is 35.7 Å². The van der Waals surface area contributed by atoms with Gasteiger partial charge in [-0.15, -0.1) is 5.10 Å². The highest BCUT2D eigenvalue weighted by molar-refractivity contribution is 5.82. The second-order valence-corrected chi connectivity index (χ2v) is 5.30. The monoisotopic (exact) mass is 234 g/mol. The Balaban J connectivity index is 2.15. The Bertz CT molecular complexity index is 408. The largest absolute Gasteiger partial charge is 0.353 e. The van der Waals surface area contributed by atoms with Crippen LogP contribution in [0.3, 0.4) is 0 Å². The van der Waals surface area contributed by atoms with Crippen molar-refractivity contribution in [1.82, 2.24) is 15.5 Å². The van der Waals surface area contributed by atoms with Crippen molar-refractivity contribution in [3.8, 4) is 0 Å². The molecule has 1 fully saturated rings. The van der Waals surface area contributed by atoms with Gasteiger partial charge in [0.05, 0.1) is 12.2 Å². The van der Waals surface area contributed by atoms with E-state index >= 15 is 0 Å². The van der Waals surface area contributed by atoms with Gasteiger partial charge in [0.25, 0.3) is 0 Å². The van der Waals surface area contributed by atoms with Gasteiger partial charge in [0.15, 0.2) is 5.82 Å². The standard InChI is InChI=1S/C12H18N4O/c1-12(2,3)9-4-5-10(15-14-9)16-7-6-13-11(17)8-16/h4-5H,6-8H2,1-3H3,(H,13,17). The van der Waals surface area contributed by atoms with E-state index < -0.39 is 0 Å². The van der Waals surface area contributed by atoms with Gasteiger partial charge in [0.1, 0.15) is 0 Å². The third-order valence-electron chi connectivity index (χ3n) is 2.78. The summed E-state index contributed by atoms with van der Waals surface area (Å²) in [5.41, 5.74) is 0.966. The summed E-state index contributed by atoms with van der Waals surface area (Å²) in [5.74, 6) is 0.811. The number of anilines is 1. The molecule has 5 nitrogen and oxygen atoms in total. The second-order valence-electron chi connectivity index (χ2n) is 5.30. The van der Waals surface area contributed by atoms with Crippen molar-refractivity contribution in [1.29, 1.82) is 0 Å². The molecule has 0 radical (unpaired) electrons. The van der Waals surface area contributed by atoms with Gasteiger partial charge in [-0.3, -0.25) is 4.79 Å². The Labute approximate surface area is 101 Å². The minimum Gasteiger partial charge on any atom is -0.353 e. The number of aromatic nitrogens is 2. The molecule has 0 bridgehead atoms. The molecule has 92 valence electrons.